The lowest BCUT2D eigenvalue weighted by Gasteiger charge is -2.12. The minimum atomic E-state index is -0.859. The molecule has 18 heavy (non-hydrogen) atoms. The number of carboxylic acids is 1. The first-order valence-corrected chi connectivity index (χ1v) is 5.70. The second-order valence-corrected chi connectivity index (χ2v) is 4.04. The standard InChI is InChI=1S/C15H14O3/c1-11-6-5-9-14(13(11)10-15(16)17)18-12-7-3-2-4-8-12/h2-9H,10H2,1H3,(H,16,17). The molecule has 0 aliphatic rings. The van der Waals surface area contributed by atoms with Crippen molar-refractivity contribution in [2.75, 3.05) is 0 Å². The van der Waals surface area contributed by atoms with Gasteiger partial charge in [-0.1, -0.05) is 30.3 Å². The number of carboxylic acid groups (broad SMARTS) is 1. The highest BCUT2D eigenvalue weighted by Crippen LogP contribution is 2.27. The first-order valence-electron chi connectivity index (χ1n) is 5.70. The molecule has 2 aromatic carbocycles. The Kier molecular flexibility index (Phi) is 3.63. The Morgan fingerprint density at radius 1 is 1.11 bits per heavy atom. The molecule has 0 heterocycles. The number of hydrogen-bond acceptors (Lipinski definition) is 2. The van der Waals surface area contributed by atoms with Gasteiger partial charge in [-0.2, -0.15) is 0 Å². The van der Waals surface area contributed by atoms with Crippen LogP contribution in [0, 0.1) is 6.92 Å². The van der Waals surface area contributed by atoms with Crippen molar-refractivity contribution in [3.8, 4) is 11.5 Å². The lowest BCUT2D eigenvalue weighted by molar-refractivity contribution is -0.136. The number of carbonyl (C=O) groups is 1. The van der Waals surface area contributed by atoms with Crippen LogP contribution in [0.4, 0.5) is 0 Å². The molecule has 0 fully saturated rings. The molecule has 0 unspecified atom stereocenters. The first kappa shape index (κ1) is 12.2. The topological polar surface area (TPSA) is 46.5 Å². The molecule has 0 aliphatic heterocycles. The van der Waals surface area contributed by atoms with Crippen molar-refractivity contribution in [1.82, 2.24) is 0 Å². The average molecular weight is 242 g/mol. The molecule has 3 heteroatoms. The molecular formula is C15H14O3. The van der Waals surface area contributed by atoms with Crippen LogP contribution in [0.2, 0.25) is 0 Å². The van der Waals surface area contributed by atoms with Crippen LogP contribution in [-0.4, -0.2) is 11.1 Å². The van der Waals surface area contributed by atoms with Gasteiger partial charge >= 0.3 is 5.97 Å². The smallest absolute Gasteiger partial charge is 0.307 e. The summed E-state index contributed by atoms with van der Waals surface area (Å²) in [5.74, 6) is 0.445. The summed E-state index contributed by atoms with van der Waals surface area (Å²) >= 11 is 0. The molecule has 0 aliphatic carbocycles. The summed E-state index contributed by atoms with van der Waals surface area (Å²) < 4.78 is 5.73. The quantitative estimate of drug-likeness (QED) is 0.893. The largest absolute Gasteiger partial charge is 0.481 e. The van der Waals surface area contributed by atoms with E-state index in [9.17, 15) is 4.79 Å². The number of rotatable bonds is 4. The van der Waals surface area contributed by atoms with Gasteiger partial charge in [0.1, 0.15) is 11.5 Å². The molecule has 0 saturated heterocycles. The zero-order valence-corrected chi connectivity index (χ0v) is 10.1. The van der Waals surface area contributed by atoms with E-state index in [0.29, 0.717) is 17.1 Å². The fraction of sp³-hybridized carbons (Fsp3) is 0.133. The third-order valence-corrected chi connectivity index (χ3v) is 2.67. The molecule has 0 aromatic heterocycles. The average Bonchev–Trinajstić information content (AvgIpc) is 2.34. The van der Waals surface area contributed by atoms with E-state index in [4.69, 9.17) is 9.84 Å². The maximum Gasteiger partial charge on any atom is 0.307 e. The van der Waals surface area contributed by atoms with Gasteiger partial charge < -0.3 is 9.84 Å². The Balaban J connectivity index is 2.32. The van der Waals surface area contributed by atoms with Crippen LogP contribution in [0.3, 0.4) is 0 Å². The monoisotopic (exact) mass is 242 g/mol. The van der Waals surface area contributed by atoms with Gasteiger partial charge in [0.05, 0.1) is 6.42 Å². The Hall–Kier alpha value is -2.29. The number of para-hydroxylation sites is 1. The van der Waals surface area contributed by atoms with E-state index in [0.717, 1.165) is 5.56 Å². The predicted octanol–water partition coefficient (Wildman–Crippen LogP) is 3.41. The van der Waals surface area contributed by atoms with Gasteiger partial charge in [0, 0.05) is 5.56 Å². The van der Waals surface area contributed by atoms with E-state index in [-0.39, 0.29) is 6.42 Å². The predicted molar refractivity (Wildman–Crippen MR) is 69.0 cm³/mol. The van der Waals surface area contributed by atoms with Gasteiger partial charge in [0.25, 0.3) is 0 Å². The van der Waals surface area contributed by atoms with E-state index in [2.05, 4.69) is 0 Å². The van der Waals surface area contributed by atoms with Gasteiger partial charge in [0.2, 0.25) is 0 Å². The molecule has 1 N–H and O–H groups in total. The van der Waals surface area contributed by atoms with Crippen molar-refractivity contribution in [1.29, 1.82) is 0 Å². The van der Waals surface area contributed by atoms with Crippen molar-refractivity contribution in [2.24, 2.45) is 0 Å². The molecule has 0 bridgehead atoms. The summed E-state index contributed by atoms with van der Waals surface area (Å²) in [7, 11) is 0. The van der Waals surface area contributed by atoms with Crippen molar-refractivity contribution in [2.45, 2.75) is 13.3 Å². The van der Waals surface area contributed by atoms with Crippen LogP contribution in [0.25, 0.3) is 0 Å². The molecule has 2 aromatic rings. The summed E-state index contributed by atoms with van der Waals surface area (Å²) in [6.07, 6.45) is -0.0329. The van der Waals surface area contributed by atoms with Gasteiger partial charge in [-0.25, -0.2) is 0 Å². The summed E-state index contributed by atoms with van der Waals surface area (Å²) in [6, 6.07) is 14.9. The van der Waals surface area contributed by atoms with Crippen LogP contribution >= 0.6 is 0 Å². The van der Waals surface area contributed by atoms with Crippen molar-refractivity contribution >= 4 is 5.97 Å². The first-order chi connectivity index (χ1) is 8.66. The number of aryl methyl sites for hydroxylation is 1. The molecule has 3 nitrogen and oxygen atoms in total. The van der Waals surface area contributed by atoms with Crippen LogP contribution in [-0.2, 0) is 11.2 Å². The minimum Gasteiger partial charge on any atom is -0.481 e. The van der Waals surface area contributed by atoms with E-state index in [1.807, 2.05) is 49.4 Å². The molecule has 2 rings (SSSR count). The Morgan fingerprint density at radius 2 is 1.83 bits per heavy atom. The number of ether oxygens (including phenoxy) is 1. The summed E-state index contributed by atoms with van der Waals surface area (Å²) in [5, 5.41) is 8.93. The molecule has 0 amide bonds. The third kappa shape index (κ3) is 2.88. The molecule has 92 valence electrons. The highest BCUT2D eigenvalue weighted by molar-refractivity contribution is 5.72. The van der Waals surface area contributed by atoms with E-state index < -0.39 is 5.97 Å². The van der Waals surface area contributed by atoms with Gasteiger partial charge in [-0.15, -0.1) is 0 Å². The summed E-state index contributed by atoms with van der Waals surface area (Å²) in [4.78, 5) is 10.9. The minimum absolute atomic E-state index is 0.0329. The zero-order valence-electron chi connectivity index (χ0n) is 10.1. The SMILES string of the molecule is Cc1cccc(Oc2ccccc2)c1CC(=O)O. The second kappa shape index (κ2) is 5.36. The maximum absolute atomic E-state index is 10.9. The van der Waals surface area contributed by atoms with Crippen molar-refractivity contribution in [3.05, 3.63) is 59.7 Å². The fourth-order valence-corrected chi connectivity index (χ4v) is 1.76. The number of aliphatic carboxylic acids is 1. The fourth-order valence-electron chi connectivity index (χ4n) is 1.76. The van der Waals surface area contributed by atoms with Gasteiger partial charge in [0.15, 0.2) is 0 Å². The van der Waals surface area contributed by atoms with E-state index >= 15 is 0 Å². The van der Waals surface area contributed by atoms with Crippen LogP contribution in [0.15, 0.2) is 48.5 Å². The molecule has 0 atom stereocenters. The summed E-state index contributed by atoms with van der Waals surface area (Å²) in [6.45, 7) is 1.89. The van der Waals surface area contributed by atoms with Crippen LogP contribution < -0.4 is 4.74 Å². The summed E-state index contributed by atoms with van der Waals surface area (Å²) in [5.41, 5.74) is 1.64. The Bertz CT molecular complexity index is 547. The van der Waals surface area contributed by atoms with Crippen molar-refractivity contribution < 1.29 is 14.6 Å². The zero-order chi connectivity index (χ0) is 13.0. The van der Waals surface area contributed by atoms with Crippen LogP contribution in [0.1, 0.15) is 11.1 Å². The Morgan fingerprint density at radius 3 is 2.50 bits per heavy atom. The molecule has 0 radical (unpaired) electrons. The third-order valence-electron chi connectivity index (χ3n) is 2.67. The number of benzene rings is 2. The highest BCUT2D eigenvalue weighted by atomic mass is 16.5. The van der Waals surface area contributed by atoms with Crippen LogP contribution in [0.5, 0.6) is 11.5 Å². The normalized spacial score (nSPS) is 10.1. The second-order valence-electron chi connectivity index (χ2n) is 4.04. The lowest BCUT2D eigenvalue weighted by atomic mass is 10.0. The molecular weight excluding hydrogens is 228 g/mol. The van der Waals surface area contributed by atoms with Crippen molar-refractivity contribution in [3.63, 3.8) is 0 Å². The highest BCUT2D eigenvalue weighted by Gasteiger charge is 2.11. The molecule has 0 saturated carbocycles. The molecule has 0 spiro atoms. The van der Waals surface area contributed by atoms with E-state index in [1.165, 1.54) is 0 Å². The maximum atomic E-state index is 10.9. The van der Waals surface area contributed by atoms with Gasteiger partial charge in [-0.05, 0) is 30.7 Å². The van der Waals surface area contributed by atoms with E-state index in [1.54, 1.807) is 6.07 Å². The lowest BCUT2D eigenvalue weighted by Crippen LogP contribution is -2.04. The van der Waals surface area contributed by atoms with Gasteiger partial charge in [-0.3, -0.25) is 4.79 Å². The Labute approximate surface area is 106 Å². The number of hydrogen-bond donors (Lipinski definition) is 1.